The van der Waals surface area contributed by atoms with Gasteiger partial charge in [-0.3, -0.25) is 4.90 Å². The van der Waals surface area contributed by atoms with Gasteiger partial charge in [-0.05, 0) is 36.6 Å². The number of likely N-dealkylation sites (tertiary alicyclic amines) is 1. The van der Waals surface area contributed by atoms with E-state index in [-0.39, 0.29) is 0 Å². The summed E-state index contributed by atoms with van der Waals surface area (Å²) in [6.07, 6.45) is 1.06. The molecule has 0 aromatic heterocycles. The van der Waals surface area contributed by atoms with E-state index in [4.69, 9.17) is 11.6 Å². The Morgan fingerprint density at radius 3 is 3.00 bits per heavy atom. The number of phenols is 1. The number of phenolic OH excluding ortho intramolecular Hbond substituents is 1. The van der Waals surface area contributed by atoms with Crippen LogP contribution in [0.2, 0.25) is 0 Å². The summed E-state index contributed by atoms with van der Waals surface area (Å²) < 4.78 is 0. The van der Waals surface area contributed by atoms with Crippen LogP contribution >= 0.6 is 11.6 Å². The first-order valence-corrected chi connectivity index (χ1v) is 6.23. The molecule has 2 unspecified atom stereocenters. The average molecular weight is 240 g/mol. The van der Waals surface area contributed by atoms with Crippen molar-refractivity contribution in [2.45, 2.75) is 25.3 Å². The van der Waals surface area contributed by atoms with Crippen molar-refractivity contribution in [3.05, 3.63) is 29.8 Å². The minimum atomic E-state index is 0.320. The Morgan fingerprint density at radius 1 is 1.50 bits per heavy atom. The minimum Gasteiger partial charge on any atom is -0.508 e. The SMILES string of the molecule is CC1CN(Cc2cccc(O)c2)CCC1Cl. The van der Waals surface area contributed by atoms with Crippen LogP contribution in [0.25, 0.3) is 0 Å². The molecule has 1 aromatic rings. The van der Waals surface area contributed by atoms with Gasteiger partial charge >= 0.3 is 0 Å². The van der Waals surface area contributed by atoms with Crippen LogP contribution in [0.3, 0.4) is 0 Å². The van der Waals surface area contributed by atoms with Crippen molar-refractivity contribution in [1.82, 2.24) is 4.90 Å². The van der Waals surface area contributed by atoms with Gasteiger partial charge in [-0.15, -0.1) is 11.6 Å². The van der Waals surface area contributed by atoms with Crippen LogP contribution in [-0.4, -0.2) is 28.5 Å². The first-order chi connectivity index (χ1) is 7.65. The van der Waals surface area contributed by atoms with Crippen LogP contribution in [-0.2, 0) is 6.54 Å². The normalized spacial score (nSPS) is 26.9. The predicted octanol–water partition coefficient (Wildman–Crippen LogP) is 2.84. The molecule has 0 saturated carbocycles. The fourth-order valence-corrected chi connectivity index (χ4v) is 2.44. The fraction of sp³-hybridized carbons (Fsp3) is 0.538. The van der Waals surface area contributed by atoms with Gasteiger partial charge < -0.3 is 5.11 Å². The van der Waals surface area contributed by atoms with E-state index in [2.05, 4.69) is 17.9 Å². The third-order valence-electron chi connectivity index (χ3n) is 3.20. The Bertz CT molecular complexity index is 356. The van der Waals surface area contributed by atoms with Gasteiger partial charge in [0.15, 0.2) is 0 Å². The number of aromatic hydroxyl groups is 1. The Labute approximate surface area is 102 Å². The monoisotopic (exact) mass is 239 g/mol. The van der Waals surface area contributed by atoms with Crippen LogP contribution in [0.1, 0.15) is 18.9 Å². The third kappa shape index (κ3) is 2.89. The highest BCUT2D eigenvalue weighted by atomic mass is 35.5. The molecule has 1 aliphatic rings. The molecule has 1 saturated heterocycles. The number of hydrogen-bond acceptors (Lipinski definition) is 2. The maximum atomic E-state index is 9.40. The van der Waals surface area contributed by atoms with Crippen LogP contribution in [0.15, 0.2) is 24.3 Å². The quantitative estimate of drug-likeness (QED) is 0.803. The number of rotatable bonds is 2. The van der Waals surface area contributed by atoms with E-state index in [0.717, 1.165) is 26.1 Å². The molecule has 16 heavy (non-hydrogen) atoms. The Morgan fingerprint density at radius 2 is 2.31 bits per heavy atom. The van der Waals surface area contributed by atoms with E-state index in [0.29, 0.717) is 17.0 Å². The molecule has 1 aromatic carbocycles. The smallest absolute Gasteiger partial charge is 0.115 e. The molecule has 0 radical (unpaired) electrons. The third-order valence-corrected chi connectivity index (χ3v) is 3.85. The van der Waals surface area contributed by atoms with E-state index in [9.17, 15) is 5.11 Å². The van der Waals surface area contributed by atoms with Crippen LogP contribution < -0.4 is 0 Å². The number of benzene rings is 1. The summed E-state index contributed by atoms with van der Waals surface area (Å²) >= 11 is 6.19. The first kappa shape index (κ1) is 11.7. The number of alkyl halides is 1. The van der Waals surface area contributed by atoms with Crippen molar-refractivity contribution in [1.29, 1.82) is 0 Å². The summed E-state index contributed by atoms with van der Waals surface area (Å²) in [6, 6.07) is 7.48. The summed E-state index contributed by atoms with van der Waals surface area (Å²) in [5.74, 6) is 0.894. The molecule has 88 valence electrons. The molecule has 1 aliphatic heterocycles. The van der Waals surface area contributed by atoms with Crippen molar-refractivity contribution in [2.24, 2.45) is 5.92 Å². The average Bonchev–Trinajstić information content (AvgIpc) is 2.24. The zero-order chi connectivity index (χ0) is 11.5. The Kier molecular flexibility index (Phi) is 3.72. The summed E-state index contributed by atoms with van der Waals surface area (Å²) in [6.45, 7) is 5.20. The van der Waals surface area contributed by atoms with Crippen LogP contribution in [0.4, 0.5) is 0 Å². The number of hydrogen-bond donors (Lipinski definition) is 1. The van der Waals surface area contributed by atoms with Crippen molar-refractivity contribution in [3.63, 3.8) is 0 Å². The molecule has 2 nitrogen and oxygen atoms in total. The number of nitrogens with zero attached hydrogens (tertiary/aromatic N) is 1. The largest absolute Gasteiger partial charge is 0.508 e. The van der Waals surface area contributed by atoms with E-state index in [1.807, 2.05) is 12.1 Å². The molecule has 1 fully saturated rings. The lowest BCUT2D eigenvalue weighted by Gasteiger charge is -2.34. The van der Waals surface area contributed by atoms with Crippen molar-refractivity contribution < 1.29 is 5.11 Å². The molecule has 3 heteroatoms. The van der Waals surface area contributed by atoms with Crippen LogP contribution in [0.5, 0.6) is 5.75 Å². The van der Waals surface area contributed by atoms with Crippen molar-refractivity contribution >= 4 is 11.6 Å². The lowest BCUT2D eigenvalue weighted by atomic mass is 9.99. The lowest BCUT2D eigenvalue weighted by molar-refractivity contribution is 0.180. The van der Waals surface area contributed by atoms with E-state index in [1.165, 1.54) is 5.56 Å². The molecule has 2 rings (SSSR count). The summed E-state index contributed by atoms with van der Waals surface area (Å²) in [5, 5.41) is 9.72. The minimum absolute atomic E-state index is 0.320. The molecule has 1 N–H and O–H groups in total. The molecule has 0 bridgehead atoms. The van der Waals surface area contributed by atoms with Gasteiger partial charge in [-0.2, -0.15) is 0 Å². The standard InChI is InChI=1S/C13H18ClNO/c1-10-8-15(6-5-13(10)14)9-11-3-2-4-12(16)7-11/h2-4,7,10,13,16H,5-6,8-9H2,1H3. The van der Waals surface area contributed by atoms with E-state index < -0.39 is 0 Å². The highest BCUT2D eigenvalue weighted by Crippen LogP contribution is 2.23. The molecule has 0 aliphatic carbocycles. The summed E-state index contributed by atoms with van der Waals surface area (Å²) in [4.78, 5) is 2.40. The molecular weight excluding hydrogens is 222 g/mol. The van der Waals surface area contributed by atoms with Gasteiger partial charge in [0.1, 0.15) is 5.75 Å². The zero-order valence-electron chi connectivity index (χ0n) is 9.56. The first-order valence-electron chi connectivity index (χ1n) is 5.79. The fourth-order valence-electron chi connectivity index (χ4n) is 2.26. The maximum Gasteiger partial charge on any atom is 0.115 e. The lowest BCUT2D eigenvalue weighted by Crippen LogP contribution is -2.39. The van der Waals surface area contributed by atoms with Gasteiger partial charge in [0.2, 0.25) is 0 Å². The van der Waals surface area contributed by atoms with Crippen molar-refractivity contribution in [2.75, 3.05) is 13.1 Å². The van der Waals surface area contributed by atoms with Gasteiger partial charge in [0.05, 0.1) is 0 Å². The zero-order valence-corrected chi connectivity index (χ0v) is 10.3. The van der Waals surface area contributed by atoms with E-state index in [1.54, 1.807) is 6.07 Å². The molecule has 0 amide bonds. The van der Waals surface area contributed by atoms with Gasteiger partial charge in [0, 0.05) is 18.5 Å². The number of piperidine rings is 1. The van der Waals surface area contributed by atoms with Gasteiger partial charge in [-0.25, -0.2) is 0 Å². The van der Waals surface area contributed by atoms with Crippen molar-refractivity contribution in [3.8, 4) is 5.75 Å². The Balaban J connectivity index is 1.95. The second-order valence-electron chi connectivity index (χ2n) is 4.69. The predicted molar refractivity (Wildman–Crippen MR) is 66.8 cm³/mol. The highest BCUT2D eigenvalue weighted by molar-refractivity contribution is 6.20. The summed E-state index contributed by atoms with van der Waals surface area (Å²) in [7, 11) is 0. The molecule has 0 spiro atoms. The highest BCUT2D eigenvalue weighted by Gasteiger charge is 2.23. The molecule has 2 atom stereocenters. The second-order valence-corrected chi connectivity index (χ2v) is 5.25. The van der Waals surface area contributed by atoms with Crippen LogP contribution in [0, 0.1) is 5.92 Å². The maximum absolute atomic E-state index is 9.40. The molecule has 1 heterocycles. The summed E-state index contributed by atoms with van der Waals surface area (Å²) in [5.41, 5.74) is 1.17. The Hall–Kier alpha value is -0.730. The number of halogens is 1. The topological polar surface area (TPSA) is 23.5 Å². The second kappa shape index (κ2) is 5.07. The van der Waals surface area contributed by atoms with Gasteiger partial charge in [0.25, 0.3) is 0 Å². The van der Waals surface area contributed by atoms with Gasteiger partial charge in [-0.1, -0.05) is 19.1 Å². The van der Waals surface area contributed by atoms with E-state index >= 15 is 0 Å². The molecular formula is C13H18ClNO.